The van der Waals surface area contributed by atoms with Crippen LogP contribution in [-0.2, 0) is 9.09 Å². The zero-order valence-corrected chi connectivity index (χ0v) is 9.70. The Morgan fingerprint density at radius 2 is 1.73 bits per heavy atom. The molecular weight excluding hydrogens is 207 g/mol. The number of hydrogen-bond donors (Lipinski definition) is 0. The third-order valence-corrected chi connectivity index (χ3v) is 4.51. The minimum absolute atomic E-state index is 0.795. The van der Waals surface area contributed by atoms with Gasteiger partial charge in [0.05, 0.1) is 0 Å². The van der Waals surface area contributed by atoms with Gasteiger partial charge in [0.15, 0.2) is 0 Å². The molecule has 0 aromatic heterocycles. The molecule has 0 heterocycles. The molecule has 0 saturated heterocycles. The van der Waals surface area contributed by atoms with E-state index in [4.69, 9.17) is 4.52 Å². The largest absolute Gasteiger partial charge is 0.329 e. The Labute approximate surface area is 89.3 Å². The average molecular weight is 220 g/mol. The highest BCUT2D eigenvalue weighted by Crippen LogP contribution is 2.42. The van der Waals surface area contributed by atoms with Gasteiger partial charge in [-0.1, -0.05) is 36.4 Å². The molecule has 0 bridgehead atoms. The van der Waals surface area contributed by atoms with Gasteiger partial charge in [-0.15, -0.1) is 0 Å². The number of fused-ring (bicyclic) bond motifs is 1. The van der Waals surface area contributed by atoms with Crippen molar-refractivity contribution in [1.29, 1.82) is 0 Å². The highest BCUT2D eigenvalue weighted by Gasteiger charge is 2.19. The minimum Gasteiger partial charge on any atom is -0.329 e. The predicted octanol–water partition coefficient (Wildman–Crippen LogP) is 3.02. The van der Waals surface area contributed by atoms with E-state index in [1.165, 1.54) is 7.11 Å². The molecule has 0 aliphatic rings. The molecule has 2 aromatic carbocycles. The van der Waals surface area contributed by atoms with Gasteiger partial charge in [0, 0.05) is 19.1 Å². The monoisotopic (exact) mass is 220 g/mol. The Hall–Kier alpha value is -1.11. The Kier molecular flexibility index (Phi) is 2.64. The van der Waals surface area contributed by atoms with Crippen LogP contribution in [0.25, 0.3) is 10.8 Å². The fraction of sp³-hybridized carbons (Fsp3) is 0.167. The molecule has 0 N–H and O–H groups in total. The summed E-state index contributed by atoms with van der Waals surface area (Å²) in [5.41, 5.74) is 0. The van der Waals surface area contributed by atoms with Crippen molar-refractivity contribution in [2.45, 2.75) is 0 Å². The standard InChI is InChI=1S/C12H13O2P/c1-14-15(2,13)12-9-5-7-10-6-3-4-8-11(10)12/h3-9H,1-2H3. The molecule has 1 atom stereocenters. The fourth-order valence-electron chi connectivity index (χ4n) is 1.66. The summed E-state index contributed by atoms with van der Waals surface area (Å²) >= 11 is 0. The zero-order chi connectivity index (χ0) is 10.9. The average Bonchev–Trinajstić information content (AvgIpc) is 2.28. The maximum Gasteiger partial charge on any atom is 0.229 e. The van der Waals surface area contributed by atoms with Crippen molar-refractivity contribution in [1.82, 2.24) is 0 Å². The summed E-state index contributed by atoms with van der Waals surface area (Å²) in [5, 5.41) is 2.89. The van der Waals surface area contributed by atoms with Gasteiger partial charge in [0.2, 0.25) is 7.37 Å². The van der Waals surface area contributed by atoms with Crippen LogP contribution in [0.2, 0.25) is 0 Å². The summed E-state index contributed by atoms with van der Waals surface area (Å²) < 4.78 is 17.3. The summed E-state index contributed by atoms with van der Waals surface area (Å²) in [6, 6.07) is 13.7. The normalized spacial score (nSPS) is 15.1. The summed E-state index contributed by atoms with van der Waals surface area (Å²) in [6.07, 6.45) is 0. The Morgan fingerprint density at radius 3 is 2.47 bits per heavy atom. The molecule has 0 aliphatic heterocycles. The Morgan fingerprint density at radius 1 is 1.07 bits per heavy atom. The molecule has 0 radical (unpaired) electrons. The molecule has 2 nitrogen and oxygen atoms in total. The van der Waals surface area contributed by atoms with E-state index < -0.39 is 7.37 Å². The molecule has 0 fully saturated rings. The topological polar surface area (TPSA) is 26.3 Å². The maximum atomic E-state index is 12.2. The molecule has 0 saturated carbocycles. The second-order valence-corrected chi connectivity index (χ2v) is 6.07. The molecule has 0 amide bonds. The van der Waals surface area contributed by atoms with Crippen molar-refractivity contribution >= 4 is 23.4 Å². The fourth-order valence-corrected chi connectivity index (χ4v) is 2.86. The molecule has 2 rings (SSSR count). The van der Waals surface area contributed by atoms with Crippen molar-refractivity contribution in [2.75, 3.05) is 13.8 Å². The van der Waals surface area contributed by atoms with E-state index in [0.29, 0.717) is 0 Å². The lowest BCUT2D eigenvalue weighted by molar-refractivity contribution is 0.408. The Balaban J connectivity index is 2.77. The van der Waals surface area contributed by atoms with Crippen molar-refractivity contribution in [3.05, 3.63) is 42.5 Å². The zero-order valence-electron chi connectivity index (χ0n) is 8.81. The van der Waals surface area contributed by atoms with E-state index in [2.05, 4.69) is 0 Å². The lowest BCUT2D eigenvalue weighted by Crippen LogP contribution is -2.06. The first kappa shape index (κ1) is 10.4. The molecule has 1 unspecified atom stereocenters. The molecule has 0 spiro atoms. The van der Waals surface area contributed by atoms with Crippen LogP contribution in [0.1, 0.15) is 0 Å². The number of benzene rings is 2. The van der Waals surface area contributed by atoms with Gasteiger partial charge in [0.25, 0.3) is 0 Å². The van der Waals surface area contributed by atoms with E-state index in [0.717, 1.165) is 16.1 Å². The van der Waals surface area contributed by atoms with Crippen LogP contribution in [0.3, 0.4) is 0 Å². The van der Waals surface area contributed by atoms with Crippen LogP contribution in [0.15, 0.2) is 42.5 Å². The van der Waals surface area contributed by atoms with E-state index in [1.54, 1.807) is 6.66 Å². The molecule has 15 heavy (non-hydrogen) atoms. The van der Waals surface area contributed by atoms with Gasteiger partial charge in [0.1, 0.15) is 0 Å². The van der Waals surface area contributed by atoms with Crippen LogP contribution in [0.4, 0.5) is 0 Å². The molecule has 0 aliphatic carbocycles. The van der Waals surface area contributed by atoms with E-state index in [-0.39, 0.29) is 0 Å². The van der Waals surface area contributed by atoms with Crippen LogP contribution < -0.4 is 5.30 Å². The molecule has 2 aromatic rings. The quantitative estimate of drug-likeness (QED) is 0.727. The van der Waals surface area contributed by atoms with E-state index >= 15 is 0 Å². The third kappa shape index (κ3) is 1.83. The van der Waals surface area contributed by atoms with Crippen LogP contribution in [-0.4, -0.2) is 13.8 Å². The first-order valence-corrected chi connectivity index (χ1v) is 6.84. The van der Waals surface area contributed by atoms with Gasteiger partial charge >= 0.3 is 0 Å². The van der Waals surface area contributed by atoms with Gasteiger partial charge in [-0.2, -0.15) is 0 Å². The van der Waals surface area contributed by atoms with E-state index in [9.17, 15) is 4.57 Å². The van der Waals surface area contributed by atoms with Gasteiger partial charge in [-0.3, -0.25) is 4.57 Å². The Bertz CT molecular complexity index is 529. The highest BCUT2D eigenvalue weighted by atomic mass is 31.2. The van der Waals surface area contributed by atoms with Crippen molar-refractivity contribution in [3.8, 4) is 0 Å². The third-order valence-electron chi connectivity index (χ3n) is 2.55. The van der Waals surface area contributed by atoms with Crippen molar-refractivity contribution in [3.63, 3.8) is 0 Å². The van der Waals surface area contributed by atoms with Gasteiger partial charge < -0.3 is 4.52 Å². The number of hydrogen-bond acceptors (Lipinski definition) is 2. The van der Waals surface area contributed by atoms with Crippen molar-refractivity contribution in [2.24, 2.45) is 0 Å². The first-order chi connectivity index (χ1) is 7.15. The minimum atomic E-state index is -2.67. The smallest absolute Gasteiger partial charge is 0.229 e. The van der Waals surface area contributed by atoms with E-state index in [1.807, 2.05) is 42.5 Å². The molecule has 3 heteroatoms. The SMILES string of the molecule is COP(C)(=O)c1cccc2ccccc12. The van der Waals surface area contributed by atoms with Gasteiger partial charge in [-0.05, 0) is 16.8 Å². The summed E-state index contributed by atoms with van der Waals surface area (Å²) in [7, 11) is -1.18. The van der Waals surface area contributed by atoms with Crippen LogP contribution in [0.5, 0.6) is 0 Å². The van der Waals surface area contributed by atoms with Crippen molar-refractivity contribution < 1.29 is 9.09 Å². The first-order valence-electron chi connectivity index (χ1n) is 4.77. The molecular formula is C12H13O2P. The van der Waals surface area contributed by atoms with Crippen LogP contribution in [0, 0.1) is 0 Å². The van der Waals surface area contributed by atoms with Crippen LogP contribution >= 0.6 is 7.37 Å². The summed E-state index contributed by atoms with van der Waals surface area (Å²) in [6.45, 7) is 1.65. The highest BCUT2D eigenvalue weighted by molar-refractivity contribution is 7.66. The lowest BCUT2D eigenvalue weighted by Gasteiger charge is -2.13. The molecule has 78 valence electrons. The predicted molar refractivity (Wildman–Crippen MR) is 64.1 cm³/mol. The second kappa shape index (κ2) is 3.80. The second-order valence-electron chi connectivity index (χ2n) is 3.53. The summed E-state index contributed by atoms with van der Waals surface area (Å²) in [4.78, 5) is 0. The maximum absolute atomic E-state index is 12.2. The summed E-state index contributed by atoms with van der Waals surface area (Å²) in [5.74, 6) is 0. The van der Waals surface area contributed by atoms with Gasteiger partial charge in [-0.25, -0.2) is 0 Å². The lowest BCUT2D eigenvalue weighted by atomic mass is 10.1. The number of rotatable bonds is 2.